The molecule has 1 aromatic carbocycles. The molecule has 1 rings (SSSR count). The molecule has 1 aromatic rings. The number of nitrogens with zero attached hydrogens (tertiary/aromatic N) is 1. The van der Waals surface area contributed by atoms with Crippen molar-refractivity contribution in [3.63, 3.8) is 0 Å². The van der Waals surface area contributed by atoms with Gasteiger partial charge >= 0.3 is 11.9 Å². The van der Waals surface area contributed by atoms with Crippen LogP contribution in [0.5, 0.6) is 0 Å². The second-order valence-corrected chi connectivity index (χ2v) is 3.38. The smallest absolute Gasteiger partial charge is 0.397 e. The highest BCUT2D eigenvalue weighted by molar-refractivity contribution is 6.38. The number of esters is 1. The molecule has 0 N–H and O–H groups in total. The molecule has 0 aliphatic carbocycles. The zero-order chi connectivity index (χ0) is 12.1. The molecule has 0 heterocycles. The Bertz CT molecular complexity index is 384. The van der Waals surface area contributed by atoms with Crippen molar-refractivity contribution in [3.8, 4) is 0 Å². The molecule has 4 heteroatoms. The quantitative estimate of drug-likeness (QED) is 0.562. The van der Waals surface area contributed by atoms with Gasteiger partial charge < -0.3 is 9.64 Å². The van der Waals surface area contributed by atoms with Gasteiger partial charge in [0.15, 0.2) is 0 Å². The average molecular weight is 221 g/mol. The number of hydrogen-bond donors (Lipinski definition) is 0. The van der Waals surface area contributed by atoms with Gasteiger partial charge in [-0.1, -0.05) is 17.7 Å². The first-order valence-corrected chi connectivity index (χ1v) is 5.06. The first-order chi connectivity index (χ1) is 7.60. The molecule has 0 saturated carbocycles. The average Bonchev–Trinajstić information content (AvgIpc) is 2.31. The number of carbonyl (C=O) groups is 2. The number of rotatable bonds is 2. The lowest BCUT2D eigenvalue weighted by Gasteiger charge is -2.19. The molecule has 0 spiro atoms. The molecule has 0 aromatic heterocycles. The maximum absolute atomic E-state index is 11.6. The number of amides is 1. The molecule has 86 valence electrons. The lowest BCUT2D eigenvalue weighted by molar-refractivity contribution is -0.151. The van der Waals surface area contributed by atoms with Crippen LogP contribution in [0, 0.1) is 6.92 Å². The summed E-state index contributed by atoms with van der Waals surface area (Å²) >= 11 is 0. The van der Waals surface area contributed by atoms with E-state index in [2.05, 4.69) is 4.74 Å². The maximum Gasteiger partial charge on any atom is 0.397 e. The van der Waals surface area contributed by atoms with E-state index in [1.807, 2.05) is 19.1 Å². The summed E-state index contributed by atoms with van der Waals surface area (Å²) < 4.78 is 4.41. The van der Waals surface area contributed by atoms with E-state index in [0.29, 0.717) is 12.2 Å². The minimum Gasteiger partial charge on any atom is -0.462 e. The van der Waals surface area contributed by atoms with Crippen molar-refractivity contribution >= 4 is 17.6 Å². The summed E-state index contributed by atoms with van der Waals surface area (Å²) in [4.78, 5) is 24.2. The fraction of sp³-hybridized carbons (Fsp3) is 0.333. The van der Waals surface area contributed by atoms with Crippen LogP contribution in [0.25, 0.3) is 0 Å². The van der Waals surface area contributed by atoms with Gasteiger partial charge in [-0.05, 0) is 26.0 Å². The van der Waals surface area contributed by atoms with Crippen LogP contribution in [-0.2, 0) is 14.3 Å². The normalized spacial score (nSPS) is 9.69. The minimum atomic E-state index is -0.845. The van der Waals surface area contributed by atoms with E-state index < -0.39 is 11.9 Å². The van der Waals surface area contributed by atoms with Crippen LogP contribution in [0.2, 0.25) is 0 Å². The molecular weight excluding hydrogens is 206 g/mol. The van der Waals surface area contributed by atoms with Crippen LogP contribution in [0.1, 0.15) is 12.5 Å². The molecular formula is C12H15NO3. The van der Waals surface area contributed by atoms with Crippen molar-refractivity contribution in [2.24, 2.45) is 0 Å². The van der Waals surface area contributed by atoms with Crippen LogP contribution in [0.15, 0.2) is 24.3 Å². The van der Waals surface area contributed by atoms with Crippen molar-refractivity contribution in [2.45, 2.75) is 13.8 Å². The van der Waals surface area contributed by atoms with Gasteiger partial charge in [0.2, 0.25) is 0 Å². The Morgan fingerprint density at radius 2 is 1.81 bits per heavy atom. The Balaban J connectivity index is 2.94. The molecule has 1 amide bonds. The van der Waals surface area contributed by atoms with Gasteiger partial charge in [0.1, 0.15) is 0 Å². The molecule has 0 aliphatic rings. The van der Waals surface area contributed by atoms with Crippen LogP contribution >= 0.6 is 0 Å². The number of carbonyl (C=O) groups excluding carboxylic acids is 2. The Morgan fingerprint density at radius 3 is 2.25 bits per heavy atom. The number of methoxy groups -OCH3 is 1. The molecule has 0 fully saturated rings. The summed E-state index contributed by atoms with van der Waals surface area (Å²) in [6.45, 7) is 4.19. The highest BCUT2D eigenvalue weighted by Gasteiger charge is 2.22. The standard InChI is InChI=1S/C12H15NO3/c1-4-13(11(14)12(15)16-3)10-7-5-9(2)6-8-10/h5-8H,4H2,1-3H3. The van der Waals surface area contributed by atoms with Gasteiger partial charge in [-0.25, -0.2) is 4.79 Å². The summed E-state index contributed by atoms with van der Waals surface area (Å²) in [6.07, 6.45) is 0. The molecule has 0 unspecified atom stereocenters. The number of anilines is 1. The summed E-state index contributed by atoms with van der Waals surface area (Å²) in [5.41, 5.74) is 1.80. The molecule has 4 nitrogen and oxygen atoms in total. The Hall–Kier alpha value is -1.84. The summed E-state index contributed by atoms with van der Waals surface area (Å²) in [5, 5.41) is 0. The third-order valence-electron chi connectivity index (χ3n) is 2.27. The summed E-state index contributed by atoms with van der Waals surface area (Å²) in [6, 6.07) is 7.39. The Labute approximate surface area is 94.8 Å². The van der Waals surface area contributed by atoms with Gasteiger partial charge in [0.05, 0.1) is 7.11 Å². The van der Waals surface area contributed by atoms with Crippen LogP contribution in [0.4, 0.5) is 5.69 Å². The van der Waals surface area contributed by atoms with Gasteiger partial charge in [-0.3, -0.25) is 4.79 Å². The van der Waals surface area contributed by atoms with Gasteiger partial charge in [-0.15, -0.1) is 0 Å². The Kier molecular flexibility index (Phi) is 4.05. The Morgan fingerprint density at radius 1 is 1.25 bits per heavy atom. The molecule has 0 radical (unpaired) electrons. The maximum atomic E-state index is 11.6. The number of benzene rings is 1. The predicted octanol–water partition coefficient (Wildman–Crippen LogP) is 1.52. The first kappa shape index (κ1) is 12.2. The predicted molar refractivity (Wildman–Crippen MR) is 61.2 cm³/mol. The largest absolute Gasteiger partial charge is 0.462 e. The van der Waals surface area contributed by atoms with Crippen molar-refractivity contribution in [1.82, 2.24) is 0 Å². The second-order valence-electron chi connectivity index (χ2n) is 3.38. The fourth-order valence-electron chi connectivity index (χ4n) is 1.37. The van der Waals surface area contributed by atoms with E-state index in [0.717, 1.165) is 5.56 Å². The van der Waals surface area contributed by atoms with Crippen LogP contribution < -0.4 is 4.90 Å². The van der Waals surface area contributed by atoms with E-state index in [-0.39, 0.29) is 0 Å². The third-order valence-corrected chi connectivity index (χ3v) is 2.27. The minimum absolute atomic E-state index is 0.428. The first-order valence-electron chi connectivity index (χ1n) is 5.06. The van der Waals surface area contributed by atoms with E-state index >= 15 is 0 Å². The molecule has 0 saturated heterocycles. The number of hydrogen-bond acceptors (Lipinski definition) is 3. The van der Waals surface area contributed by atoms with Crippen LogP contribution in [0.3, 0.4) is 0 Å². The molecule has 0 atom stereocenters. The fourth-order valence-corrected chi connectivity index (χ4v) is 1.37. The van der Waals surface area contributed by atoms with Crippen molar-refractivity contribution in [1.29, 1.82) is 0 Å². The van der Waals surface area contributed by atoms with Gasteiger partial charge in [0, 0.05) is 12.2 Å². The number of likely N-dealkylation sites (N-methyl/N-ethyl adjacent to an activating group) is 1. The number of aryl methyl sites for hydroxylation is 1. The molecule has 16 heavy (non-hydrogen) atoms. The monoisotopic (exact) mass is 221 g/mol. The third kappa shape index (κ3) is 2.59. The molecule has 0 bridgehead atoms. The zero-order valence-electron chi connectivity index (χ0n) is 9.69. The van der Waals surface area contributed by atoms with E-state index in [1.165, 1.54) is 12.0 Å². The molecule has 0 aliphatic heterocycles. The summed E-state index contributed by atoms with van der Waals surface area (Å²) in [5.74, 6) is -1.49. The zero-order valence-corrected chi connectivity index (χ0v) is 9.69. The van der Waals surface area contributed by atoms with Crippen molar-refractivity contribution < 1.29 is 14.3 Å². The van der Waals surface area contributed by atoms with Crippen LogP contribution in [-0.4, -0.2) is 25.5 Å². The second kappa shape index (κ2) is 5.30. The topological polar surface area (TPSA) is 46.6 Å². The highest BCUT2D eigenvalue weighted by atomic mass is 16.5. The van der Waals surface area contributed by atoms with Crippen molar-refractivity contribution in [3.05, 3.63) is 29.8 Å². The highest BCUT2D eigenvalue weighted by Crippen LogP contribution is 2.15. The van der Waals surface area contributed by atoms with E-state index in [1.54, 1.807) is 19.1 Å². The SMILES string of the molecule is CCN(C(=O)C(=O)OC)c1ccc(C)cc1. The van der Waals surface area contributed by atoms with E-state index in [4.69, 9.17) is 0 Å². The van der Waals surface area contributed by atoms with Crippen molar-refractivity contribution in [2.75, 3.05) is 18.6 Å². The van der Waals surface area contributed by atoms with Gasteiger partial charge in [-0.2, -0.15) is 0 Å². The van der Waals surface area contributed by atoms with E-state index in [9.17, 15) is 9.59 Å². The lowest BCUT2D eigenvalue weighted by atomic mass is 10.2. The van der Waals surface area contributed by atoms with Gasteiger partial charge in [0.25, 0.3) is 0 Å². The lowest BCUT2D eigenvalue weighted by Crippen LogP contribution is -2.37. The number of ether oxygens (including phenoxy) is 1. The summed E-state index contributed by atoms with van der Waals surface area (Å²) in [7, 11) is 1.20.